The first kappa shape index (κ1) is 20.1. The molecule has 5 atom stereocenters. The van der Waals surface area contributed by atoms with Crippen molar-refractivity contribution >= 4 is 17.1 Å². The molecule has 0 aliphatic carbocycles. The molecule has 1 aliphatic heterocycles. The Hall–Kier alpha value is -3.16. The van der Waals surface area contributed by atoms with Gasteiger partial charge >= 0.3 is 5.97 Å². The van der Waals surface area contributed by atoms with Gasteiger partial charge in [0.1, 0.15) is 24.1 Å². The zero-order chi connectivity index (χ0) is 21.5. The normalized spacial score (nSPS) is 29.9. The SMILES string of the molecule is O=C(O)[C@H]1OC(O)(n2cnc(=NCc3ccccc3)c3[nH]cnc32)[C@H](O)[C@@H](O)[C@@H]1O. The summed E-state index contributed by atoms with van der Waals surface area (Å²) in [5.74, 6) is -4.40. The van der Waals surface area contributed by atoms with Crippen LogP contribution in [0.25, 0.3) is 11.2 Å². The Morgan fingerprint density at radius 2 is 1.93 bits per heavy atom. The number of aromatic amines is 1. The topological polar surface area (TPSA) is 186 Å². The third-order valence-corrected chi connectivity index (χ3v) is 4.88. The van der Waals surface area contributed by atoms with Crippen LogP contribution in [-0.4, -0.2) is 75.4 Å². The maximum atomic E-state index is 11.4. The molecule has 2 aromatic heterocycles. The van der Waals surface area contributed by atoms with Gasteiger partial charge in [-0.2, -0.15) is 0 Å². The number of benzene rings is 1. The number of ether oxygens (including phenoxy) is 1. The standard InChI is InChI=1S/C18H19N5O7/c24-11-12(25)14(26)18(29,30-13(11)17(27)28)23-8-22-15(10-16(23)21-7-20-10)19-6-9-4-2-1-3-5-9/h1-5,7-8,11-14,24-26,29H,6H2,(H,20,21)(H,27,28)/t11-,12-,13-,14+,18?/m0/s1. The molecule has 0 radical (unpaired) electrons. The second kappa shape index (κ2) is 7.59. The highest BCUT2D eigenvalue weighted by molar-refractivity contribution is 5.73. The van der Waals surface area contributed by atoms with Gasteiger partial charge in [0.25, 0.3) is 5.91 Å². The lowest BCUT2D eigenvalue weighted by Gasteiger charge is -2.44. The number of aliphatic hydroxyl groups excluding tert-OH is 3. The van der Waals surface area contributed by atoms with E-state index in [1.54, 1.807) is 0 Å². The number of nitrogens with one attached hydrogen (secondary N) is 1. The lowest BCUT2D eigenvalue weighted by molar-refractivity contribution is -0.382. The van der Waals surface area contributed by atoms with Gasteiger partial charge in [0, 0.05) is 0 Å². The number of fused-ring (bicyclic) bond motifs is 1. The summed E-state index contributed by atoms with van der Waals surface area (Å²) in [7, 11) is 0. The van der Waals surface area contributed by atoms with Crippen LogP contribution in [0.3, 0.4) is 0 Å². The van der Waals surface area contributed by atoms with E-state index in [2.05, 4.69) is 19.9 Å². The maximum absolute atomic E-state index is 11.4. The lowest BCUT2D eigenvalue weighted by atomic mass is 9.96. The van der Waals surface area contributed by atoms with Crippen molar-refractivity contribution in [2.75, 3.05) is 0 Å². The second-order valence-corrected chi connectivity index (χ2v) is 6.80. The van der Waals surface area contributed by atoms with Crippen molar-refractivity contribution in [1.82, 2.24) is 19.5 Å². The fraction of sp³-hybridized carbons (Fsp3) is 0.333. The van der Waals surface area contributed by atoms with Crippen LogP contribution in [0.1, 0.15) is 5.56 Å². The number of carbonyl (C=O) groups is 1. The minimum absolute atomic E-state index is 0.0334. The number of H-pyrrole nitrogens is 1. The number of rotatable bonds is 4. The Morgan fingerprint density at radius 1 is 1.20 bits per heavy atom. The van der Waals surface area contributed by atoms with Crippen molar-refractivity contribution in [3.63, 3.8) is 0 Å². The molecule has 158 valence electrons. The predicted octanol–water partition coefficient (Wildman–Crippen LogP) is -1.97. The van der Waals surface area contributed by atoms with E-state index in [-0.39, 0.29) is 16.7 Å². The van der Waals surface area contributed by atoms with Crippen LogP contribution in [0.4, 0.5) is 0 Å². The summed E-state index contributed by atoms with van der Waals surface area (Å²) in [6.07, 6.45) is -5.71. The van der Waals surface area contributed by atoms with Crippen molar-refractivity contribution in [3.05, 3.63) is 54.0 Å². The van der Waals surface area contributed by atoms with E-state index in [4.69, 9.17) is 4.74 Å². The molecular weight excluding hydrogens is 398 g/mol. The minimum atomic E-state index is -2.76. The van der Waals surface area contributed by atoms with Gasteiger partial charge in [0.15, 0.2) is 23.3 Å². The van der Waals surface area contributed by atoms with Crippen LogP contribution in [0.2, 0.25) is 0 Å². The van der Waals surface area contributed by atoms with Crippen LogP contribution < -0.4 is 5.49 Å². The monoisotopic (exact) mass is 417 g/mol. The highest BCUT2D eigenvalue weighted by Gasteiger charge is 2.56. The molecule has 1 aliphatic rings. The molecule has 1 fully saturated rings. The van der Waals surface area contributed by atoms with E-state index in [0.717, 1.165) is 16.5 Å². The number of aliphatic carboxylic acids is 1. The molecule has 12 nitrogen and oxygen atoms in total. The average molecular weight is 417 g/mol. The van der Waals surface area contributed by atoms with E-state index in [0.29, 0.717) is 6.54 Å². The summed E-state index contributed by atoms with van der Waals surface area (Å²) in [4.78, 5) is 26.8. The first-order chi connectivity index (χ1) is 14.3. The van der Waals surface area contributed by atoms with Gasteiger partial charge in [-0.3, -0.25) is 9.56 Å². The molecule has 0 saturated carbocycles. The van der Waals surface area contributed by atoms with E-state index < -0.39 is 36.3 Å². The van der Waals surface area contributed by atoms with E-state index in [1.165, 1.54) is 6.33 Å². The van der Waals surface area contributed by atoms with Gasteiger partial charge in [-0.25, -0.2) is 14.8 Å². The average Bonchev–Trinajstić information content (AvgIpc) is 3.24. The van der Waals surface area contributed by atoms with Gasteiger partial charge in [0.2, 0.25) is 0 Å². The molecule has 4 rings (SSSR count). The molecule has 0 bridgehead atoms. The third-order valence-electron chi connectivity index (χ3n) is 4.88. The molecule has 1 unspecified atom stereocenters. The van der Waals surface area contributed by atoms with Crippen molar-refractivity contribution < 1.29 is 35.1 Å². The van der Waals surface area contributed by atoms with Crippen LogP contribution in [-0.2, 0) is 22.0 Å². The number of hydrogen-bond donors (Lipinski definition) is 6. The fourth-order valence-corrected chi connectivity index (χ4v) is 3.28. The van der Waals surface area contributed by atoms with Crippen LogP contribution in [0.5, 0.6) is 0 Å². The number of aromatic nitrogens is 4. The van der Waals surface area contributed by atoms with E-state index in [1.807, 2.05) is 30.3 Å². The summed E-state index contributed by atoms with van der Waals surface area (Å²) in [5, 5.41) is 50.5. The Balaban J connectivity index is 1.78. The molecule has 0 spiro atoms. The van der Waals surface area contributed by atoms with Gasteiger partial charge in [-0.1, -0.05) is 30.3 Å². The number of carboxylic acids is 1. The highest BCUT2D eigenvalue weighted by Crippen LogP contribution is 2.33. The molecule has 3 aromatic rings. The summed E-state index contributed by atoms with van der Waals surface area (Å²) in [5.41, 5.74) is 1.51. The quantitative estimate of drug-likeness (QED) is 0.280. The molecular formula is C18H19N5O7. The molecule has 30 heavy (non-hydrogen) atoms. The Morgan fingerprint density at radius 3 is 2.63 bits per heavy atom. The fourth-order valence-electron chi connectivity index (χ4n) is 3.28. The van der Waals surface area contributed by atoms with E-state index >= 15 is 0 Å². The number of imidazole rings is 1. The Bertz CT molecular complexity index is 1130. The summed E-state index contributed by atoms with van der Waals surface area (Å²) in [6, 6.07) is 9.42. The van der Waals surface area contributed by atoms with E-state index in [9.17, 15) is 30.3 Å². The molecule has 6 N–H and O–H groups in total. The number of carboxylic acid groups (broad SMARTS) is 1. The van der Waals surface area contributed by atoms with Crippen LogP contribution >= 0.6 is 0 Å². The molecule has 1 saturated heterocycles. The molecule has 1 aromatic carbocycles. The van der Waals surface area contributed by atoms with Crippen LogP contribution in [0, 0.1) is 0 Å². The van der Waals surface area contributed by atoms with Crippen LogP contribution in [0.15, 0.2) is 48.0 Å². The smallest absolute Gasteiger partial charge is 0.335 e. The summed E-state index contributed by atoms with van der Waals surface area (Å²) < 4.78 is 5.97. The number of hydrogen-bond acceptors (Lipinski definition) is 9. The maximum Gasteiger partial charge on any atom is 0.335 e. The third kappa shape index (κ3) is 3.26. The first-order valence-corrected chi connectivity index (χ1v) is 8.95. The summed E-state index contributed by atoms with van der Waals surface area (Å²) >= 11 is 0. The molecule has 0 amide bonds. The van der Waals surface area contributed by atoms with Crippen molar-refractivity contribution in [1.29, 1.82) is 0 Å². The second-order valence-electron chi connectivity index (χ2n) is 6.80. The zero-order valence-electron chi connectivity index (χ0n) is 15.4. The van der Waals surface area contributed by atoms with Crippen molar-refractivity contribution in [2.45, 2.75) is 36.9 Å². The molecule has 3 heterocycles. The number of nitrogens with zero attached hydrogens (tertiary/aromatic N) is 4. The van der Waals surface area contributed by atoms with Gasteiger partial charge in [-0.15, -0.1) is 0 Å². The van der Waals surface area contributed by atoms with Crippen molar-refractivity contribution in [2.24, 2.45) is 4.99 Å². The van der Waals surface area contributed by atoms with Gasteiger partial charge < -0.3 is 35.3 Å². The Labute approximate surface area is 168 Å². The first-order valence-electron chi connectivity index (χ1n) is 8.95. The predicted molar refractivity (Wildman–Crippen MR) is 98.3 cm³/mol. The van der Waals surface area contributed by atoms with Gasteiger partial charge in [-0.05, 0) is 5.56 Å². The Kier molecular flexibility index (Phi) is 5.09. The minimum Gasteiger partial charge on any atom is -0.479 e. The largest absolute Gasteiger partial charge is 0.479 e. The molecule has 12 heteroatoms. The zero-order valence-corrected chi connectivity index (χ0v) is 15.4. The van der Waals surface area contributed by atoms with Gasteiger partial charge in [0.05, 0.1) is 12.9 Å². The lowest BCUT2D eigenvalue weighted by Crippen LogP contribution is -2.66. The van der Waals surface area contributed by atoms with Crippen molar-refractivity contribution in [3.8, 4) is 0 Å². The summed E-state index contributed by atoms with van der Waals surface area (Å²) in [6.45, 7) is 0.321. The number of aliphatic hydroxyl groups is 4. The highest BCUT2D eigenvalue weighted by atomic mass is 16.7.